The van der Waals surface area contributed by atoms with Crippen molar-refractivity contribution in [3.63, 3.8) is 0 Å². The molecule has 136 valence electrons. The Bertz CT molecular complexity index is 957. The number of thioether (sulfide) groups is 1. The predicted molar refractivity (Wildman–Crippen MR) is 106 cm³/mol. The summed E-state index contributed by atoms with van der Waals surface area (Å²) in [7, 11) is 0. The van der Waals surface area contributed by atoms with E-state index in [2.05, 4.69) is 5.32 Å². The Morgan fingerprint density at radius 2 is 1.78 bits per heavy atom. The van der Waals surface area contributed by atoms with Gasteiger partial charge in [0.1, 0.15) is 10.9 Å². The zero-order valence-corrected chi connectivity index (χ0v) is 15.5. The molecule has 1 aliphatic rings. The second-order valence-corrected chi connectivity index (χ2v) is 7.24. The van der Waals surface area contributed by atoms with Crippen LogP contribution in [0.15, 0.2) is 59.5 Å². The Morgan fingerprint density at radius 1 is 1.11 bits per heavy atom. The van der Waals surface area contributed by atoms with Crippen LogP contribution in [-0.4, -0.2) is 33.5 Å². The van der Waals surface area contributed by atoms with Crippen LogP contribution in [0.3, 0.4) is 0 Å². The quantitative estimate of drug-likeness (QED) is 0.612. The molecule has 3 rings (SSSR count). The SMILES string of the molecule is O=C(CN1C(=O)/C(=C\c2ccccc2)SC1=S)Nc1ccccc1C(=O)[O-]. The maximum absolute atomic E-state index is 12.5. The lowest BCUT2D eigenvalue weighted by Gasteiger charge is -2.16. The van der Waals surface area contributed by atoms with E-state index in [9.17, 15) is 19.5 Å². The lowest BCUT2D eigenvalue weighted by molar-refractivity contribution is -0.254. The molecule has 2 amide bonds. The van der Waals surface area contributed by atoms with Crippen molar-refractivity contribution in [2.24, 2.45) is 0 Å². The molecule has 27 heavy (non-hydrogen) atoms. The van der Waals surface area contributed by atoms with Crippen molar-refractivity contribution in [3.05, 3.63) is 70.6 Å². The third-order valence-corrected chi connectivity index (χ3v) is 5.07. The van der Waals surface area contributed by atoms with E-state index in [1.54, 1.807) is 12.1 Å². The highest BCUT2D eigenvalue weighted by Gasteiger charge is 2.33. The van der Waals surface area contributed by atoms with Gasteiger partial charge in [-0.1, -0.05) is 72.5 Å². The number of carbonyl (C=O) groups excluding carboxylic acids is 3. The Morgan fingerprint density at radius 3 is 2.48 bits per heavy atom. The Balaban J connectivity index is 1.71. The van der Waals surface area contributed by atoms with Gasteiger partial charge in [0.15, 0.2) is 0 Å². The summed E-state index contributed by atoms with van der Waals surface area (Å²) in [5, 5.41) is 13.6. The smallest absolute Gasteiger partial charge is 0.266 e. The standard InChI is InChI=1S/C19H14N2O4S2/c22-16(20-14-9-5-4-8-13(14)18(24)25)11-21-17(23)15(27-19(21)26)10-12-6-2-1-3-7-12/h1-10H,11H2,(H,20,22)(H,24,25)/p-1/b15-10+. The van der Waals surface area contributed by atoms with Gasteiger partial charge in [-0.25, -0.2) is 0 Å². The number of rotatable bonds is 5. The van der Waals surface area contributed by atoms with Crippen LogP contribution in [0.2, 0.25) is 0 Å². The first-order valence-electron chi connectivity index (χ1n) is 7.86. The molecule has 1 heterocycles. The molecular weight excluding hydrogens is 384 g/mol. The summed E-state index contributed by atoms with van der Waals surface area (Å²) in [4.78, 5) is 37.6. The molecule has 1 aliphatic heterocycles. The topological polar surface area (TPSA) is 89.5 Å². The number of hydrogen-bond donors (Lipinski definition) is 1. The summed E-state index contributed by atoms with van der Waals surface area (Å²) in [6.45, 7) is -0.307. The number of nitrogens with one attached hydrogen (secondary N) is 1. The minimum Gasteiger partial charge on any atom is -0.545 e. The van der Waals surface area contributed by atoms with E-state index in [1.165, 1.54) is 23.1 Å². The number of para-hydroxylation sites is 1. The Labute approximate surface area is 164 Å². The molecule has 0 aromatic heterocycles. The highest BCUT2D eigenvalue weighted by molar-refractivity contribution is 8.26. The van der Waals surface area contributed by atoms with Crippen molar-refractivity contribution in [3.8, 4) is 0 Å². The van der Waals surface area contributed by atoms with E-state index < -0.39 is 11.9 Å². The van der Waals surface area contributed by atoms with Crippen LogP contribution in [0.1, 0.15) is 15.9 Å². The normalized spacial score (nSPS) is 15.3. The van der Waals surface area contributed by atoms with Gasteiger partial charge < -0.3 is 15.2 Å². The van der Waals surface area contributed by atoms with Crippen LogP contribution in [0.25, 0.3) is 6.08 Å². The van der Waals surface area contributed by atoms with E-state index >= 15 is 0 Å². The molecule has 0 aliphatic carbocycles. The van der Waals surface area contributed by atoms with E-state index in [-0.39, 0.29) is 28.0 Å². The maximum atomic E-state index is 12.5. The molecule has 0 unspecified atom stereocenters. The summed E-state index contributed by atoms with van der Waals surface area (Å²) in [5.74, 6) is -2.32. The third kappa shape index (κ3) is 4.42. The maximum Gasteiger partial charge on any atom is 0.266 e. The Kier molecular flexibility index (Phi) is 5.68. The second kappa shape index (κ2) is 8.15. The summed E-state index contributed by atoms with van der Waals surface area (Å²) in [6, 6.07) is 15.2. The number of benzene rings is 2. The second-order valence-electron chi connectivity index (χ2n) is 5.56. The van der Waals surface area contributed by atoms with Crippen LogP contribution in [0.5, 0.6) is 0 Å². The number of nitrogens with zero attached hydrogens (tertiary/aromatic N) is 1. The van der Waals surface area contributed by atoms with Crippen LogP contribution in [-0.2, 0) is 9.59 Å². The predicted octanol–water partition coefficient (Wildman–Crippen LogP) is 1.89. The van der Waals surface area contributed by atoms with Crippen molar-refractivity contribution in [1.82, 2.24) is 4.90 Å². The minimum absolute atomic E-state index is 0.104. The molecular formula is C19H13N2O4S2-. The number of carboxylic acids is 1. The van der Waals surface area contributed by atoms with Crippen LogP contribution in [0.4, 0.5) is 5.69 Å². The van der Waals surface area contributed by atoms with Gasteiger partial charge in [-0.2, -0.15) is 0 Å². The van der Waals surface area contributed by atoms with Gasteiger partial charge in [0.05, 0.1) is 10.9 Å². The molecule has 0 bridgehead atoms. The number of carbonyl (C=O) groups is 3. The number of thiocarbonyl (C=S) groups is 1. The van der Waals surface area contributed by atoms with Crippen LogP contribution in [0, 0.1) is 0 Å². The fourth-order valence-electron chi connectivity index (χ4n) is 2.44. The van der Waals surface area contributed by atoms with E-state index in [1.807, 2.05) is 30.3 Å². The van der Waals surface area contributed by atoms with Crippen LogP contribution < -0.4 is 10.4 Å². The lowest BCUT2D eigenvalue weighted by Crippen LogP contribution is -2.36. The van der Waals surface area contributed by atoms with E-state index in [0.717, 1.165) is 17.3 Å². The molecule has 2 aromatic carbocycles. The molecule has 1 fully saturated rings. The molecule has 0 saturated carbocycles. The average Bonchev–Trinajstić information content (AvgIpc) is 2.90. The molecule has 6 nitrogen and oxygen atoms in total. The monoisotopic (exact) mass is 397 g/mol. The highest BCUT2D eigenvalue weighted by Crippen LogP contribution is 2.32. The number of aromatic carboxylic acids is 1. The Hall–Kier alpha value is -2.97. The molecule has 1 saturated heterocycles. The molecule has 0 radical (unpaired) electrons. The van der Waals surface area contributed by atoms with Crippen molar-refractivity contribution in [2.75, 3.05) is 11.9 Å². The zero-order valence-electron chi connectivity index (χ0n) is 13.9. The fraction of sp³-hybridized carbons (Fsp3) is 0.0526. The molecule has 0 atom stereocenters. The molecule has 1 N–H and O–H groups in total. The lowest BCUT2D eigenvalue weighted by atomic mass is 10.2. The van der Waals surface area contributed by atoms with Gasteiger partial charge in [0.2, 0.25) is 5.91 Å². The van der Waals surface area contributed by atoms with Gasteiger partial charge in [-0.05, 0) is 17.7 Å². The fourth-order valence-corrected chi connectivity index (χ4v) is 3.70. The summed E-state index contributed by atoms with van der Waals surface area (Å²) < 4.78 is 0.269. The zero-order chi connectivity index (χ0) is 19.4. The van der Waals surface area contributed by atoms with Gasteiger partial charge in [-0.15, -0.1) is 0 Å². The van der Waals surface area contributed by atoms with Gasteiger partial charge >= 0.3 is 0 Å². The summed E-state index contributed by atoms with van der Waals surface area (Å²) >= 11 is 6.32. The third-order valence-electron chi connectivity index (χ3n) is 3.69. The average molecular weight is 397 g/mol. The largest absolute Gasteiger partial charge is 0.545 e. The number of anilines is 1. The molecule has 8 heteroatoms. The first-order chi connectivity index (χ1) is 13.0. The molecule has 2 aromatic rings. The number of hydrogen-bond acceptors (Lipinski definition) is 6. The highest BCUT2D eigenvalue weighted by atomic mass is 32.2. The van der Waals surface area contributed by atoms with Gasteiger partial charge in [0.25, 0.3) is 5.91 Å². The van der Waals surface area contributed by atoms with Gasteiger partial charge in [0, 0.05) is 11.3 Å². The first kappa shape index (κ1) is 18.8. The van der Waals surface area contributed by atoms with Crippen molar-refractivity contribution < 1.29 is 19.5 Å². The summed E-state index contributed by atoms with van der Waals surface area (Å²) in [6.07, 6.45) is 1.71. The van der Waals surface area contributed by atoms with Crippen molar-refractivity contribution in [1.29, 1.82) is 0 Å². The molecule has 0 spiro atoms. The van der Waals surface area contributed by atoms with E-state index in [4.69, 9.17) is 12.2 Å². The first-order valence-corrected chi connectivity index (χ1v) is 9.09. The van der Waals surface area contributed by atoms with E-state index in [0.29, 0.717) is 4.91 Å². The minimum atomic E-state index is -1.40. The van der Waals surface area contributed by atoms with Crippen LogP contribution >= 0.6 is 24.0 Å². The number of carboxylic acid groups (broad SMARTS) is 1. The van der Waals surface area contributed by atoms with Crippen molar-refractivity contribution in [2.45, 2.75) is 0 Å². The summed E-state index contributed by atoms with van der Waals surface area (Å²) in [5.41, 5.74) is 0.818. The van der Waals surface area contributed by atoms with Crippen molar-refractivity contribution >= 4 is 57.8 Å². The number of amides is 2. The van der Waals surface area contributed by atoms with Gasteiger partial charge in [-0.3, -0.25) is 14.5 Å².